The van der Waals surface area contributed by atoms with Crippen molar-refractivity contribution in [2.24, 2.45) is 0 Å². The quantitative estimate of drug-likeness (QED) is 0.725. The Morgan fingerprint density at radius 1 is 1.50 bits per heavy atom. The van der Waals surface area contributed by atoms with E-state index in [1.807, 2.05) is 13.8 Å². The van der Waals surface area contributed by atoms with Gasteiger partial charge in [0.1, 0.15) is 0 Å². The number of nitrogens with zero attached hydrogens (tertiary/aromatic N) is 2. The lowest BCUT2D eigenvalue weighted by molar-refractivity contribution is 0.427. The fraction of sp³-hybridized carbons (Fsp3) is 0.600. The molecule has 2 nitrogen and oxygen atoms in total. The molecule has 0 saturated carbocycles. The second-order valence-corrected chi connectivity index (χ2v) is 4.31. The molecule has 14 heavy (non-hydrogen) atoms. The van der Waals surface area contributed by atoms with Gasteiger partial charge in [-0.05, 0) is 18.0 Å². The van der Waals surface area contributed by atoms with Crippen molar-refractivity contribution in [2.75, 3.05) is 0 Å². The Kier molecular flexibility index (Phi) is 3.43. The molecule has 4 heteroatoms. The Hall–Kier alpha value is -0.700. The molecule has 0 atom stereocenters. The van der Waals surface area contributed by atoms with Crippen LogP contribution in [0.5, 0.6) is 0 Å². The van der Waals surface area contributed by atoms with Crippen molar-refractivity contribution >= 4 is 11.6 Å². The lowest BCUT2D eigenvalue weighted by Gasteiger charge is -2.23. The molecule has 1 aromatic heterocycles. The third-order valence-electron chi connectivity index (χ3n) is 2.23. The molecule has 0 saturated heterocycles. The lowest BCUT2D eigenvalue weighted by Crippen LogP contribution is -2.21. The maximum Gasteiger partial charge on any atom is 0.222 e. The van der Waals surface area contributed by atoms with Crippen LogP contribution in [-0.4, -0.2) is 9.97 Å². The Bertz CT molecular complexity index is 326. The van der Waals surface area contributed by atoms with Crippen LogP contribution < -0.4 is 0 Å². The van der Waals surface area contributed by atoms with Gasteiger partial charge < -0.3 is 0 Å². The van der Waals surface area contributed by atoms with E-state index in [1.165, 1.54) is 0 Å². The second kappa shape index (κ2) is 4.22. The molecule has 0 unspecified atom stereocenters. The highest BCUT2D eigenvalue weighted by molar-refractivity contribution is 6.28. The maximum absolute atomic E-state index is 13.4. The summed E-state index contributed by atoms with van der Waals surface area (Å²) in [6, 6.07) is 0. The first-order valence-corrected chi connectivity index (χ1v) is 5.03. The molecular weight excluding hydrogens is 203 g/mol. The van der Waals surface area contributed by atoms with E-state index >= 15 is 0 Å². The van der Waals surface area contributed by atoms with Crippen molar-refractivity contribution in [3.8, 4) is 0 Å². The van der Waals surface area contributed by atoms with Gasteiger partial charge in [0, 0.05) is 5.41 Å². The molecule has 0 aliphatic rings. The number of aromatic nitrogens is 2. The molecule has 0 aromatic carbocycles. The van der Waals surface area contributed by atoms with E-state index in [2.05, 4.69) is 16.9 Å². The van der Waals surface area contributed by atoms with E-state index < -0.39 is 0 Å². The summed E-state index contributed by atoms with van der Waals surface area (Å²) in [4.78, 5) is 7.53. The molecule has 0 aliphatic heterocycles. The Labute approximate surface area is 88.5 Å². The van der Waals surface area contributed by atoms with Crippen LogP contribution in [0.1, 0.15) is 39.3 Å². The SMILES string of the molecule is CCCC(C)(C)c1nc(Cl)ncc1F. The van der Waals surface area contributed by atoms with Crippen molar-refractivity contribution in [1.82, 2.24) is 9.97 Å². The zero-order valence-electron chi connectivity index (χ0n) is 8.64. The van der Waals surface area contributed by atoms with Crippen molar-refractivity contribution < 1.29 is 4.39 Å². The summed E-state index contributed by atoms with van der Waals surface area (Å²) in [6.45, 7) is 5.97. The van der Waals surface area contributed by atoms with Crippen LogP contribution in [0.4, 0.5) is 4.39 Å². The lowest BCUT2D eigenvalue weighted by atomic mass is 9.84. The number of halogens is 2. The van der Waals surface area contributed by atoms with E-state index in [4.69, 9.17) is 11.6 Å². The first-order valence-electron chi connectivity index (χ1n) is 4.66. The second-order valence-electron chi connectivity index (χ2n) is 3.97. The van der Waals surface area contributed by atoms with Crippen LogP contribution in [0.15, 0.2) is 6.20 Å². The van der Waals surface area contributed by atoms with Gasteiger partial charge >= 0.3 is 0 Å². The normalized spacial score (nSPS) is 11.8. The van der Waals surface area contributed by atoms with Gasteiger partial charge in [0.25, 0.3) is 0 Å². The van der Waals surface area contributed by atoms with Crippen LogP contribution >= 0.6 is 11.6 Å². The predicted octanol–water partition coefficient (Wildman–Crippen LogP) is 3.35. The zero-order valence-corrected chi connectivity index (χ0v) is 9.40. The van der Waals surface area contributed by atoms with Crippen LogP contribution in [-0.2, 0) is 5.41 Å². The monoisotopic (exact) mass is 216 g/mol. The van der Waals surface area contributed by atoms with Crippen LogP contribution in [0, 0.1) is 5.82 Å². The van der Waals surface area contributed by atoms with Gasteiger partial charge in [0.2, 0.25) is 5.28 Å². The van der Waals surface area contributed by atoms with Gasteiger partial charge in [0.05, 0.1) is 11.9 Å². The van der Waals surface area contributed by atoms with Crippen molar-refractivity contribution in [3.63, 3.8) is 0 Å². The predicted molar refractivity (Wildman–Crippen MR) is 54.9 cm³/mol. The highest BCUT2D eigenvalue weighted by atomic mass is 35.5. The zero-order chi connectivity index (χ0) is 10.8. The maximum atomic E-state index is 13.4. The van der Waals surface area contributed by atoms with Crippen molar-refractivity contribution in [1.29, 1.82) is 0 Å². The van der Waals surface area contributed by atoms with Crippen molar-refractivity contribution in [3.05, 3.63) is 23.0 Å². The fourth-order valence-corrected chi connectivity index (χ4v) is 1.70. The van der Waals surface area contributed by atoms with Gasteiger partial charge in [0.15, 0.2) is 5.82 Å². The molecule has 0 spiro atoms. The number of hydrogen-bond donors (Lipinski definition) is 0. The van der Waals surface area contributed by atoms with Gasteiger partial charge in [-0.25, -0.2) is 14.4 Å². The minimum absolute atomic E-state index is 0.102. The topological polar surface area (TPSA) is 25.8 Å². The van der Waals surface area contributed by atoms with Crippen LogP contribution in [0.3, 0.4) is 0 Å². The van der Waals surface area contributed by atoms with Gasteiger partial charge in [-0.1, -0.05) is 27.2 Å². The molecule has 0 bridgehead atoms. The highest BCUT2D eigenvalue weighted by Gasteiger charge is 2.25. The fourth-order valence-electron chi connectivity index (χ4n) is 1.56. The average molecular weight is 217 g/mol. The minimum atomic E-state index is -0.382. The first kappa shape index (κ1) is 11.4. The summed E-state index contributed by atoms with van der Waals surface area (Å²) in [5.74, 6) is -0.382. The minimum Gasteiger partial charge on any atom is -0.223 e. The average Bonchev–Trinajstić information content (AvgIpc) is 2.09. The van der Waals surface area contributed by atoms with E-state index in [9.17, 15) is 4.39 Å². The molecule has 0 fully saturated rings. The van der Waals surface area contributed by atoms with Gasteiger partial charge in [-0.3, -0.25) is 0 Å². The first-order chi connectivity index (χ1) is 6.47. The van der Waals surface area contributed by atoms with Crippen LogP contribution in [0.25, 0.3) is 0 Å². The largest absolute Gasteiger partial charge is 0.223 e. The summed E-state index contributed by atoms with van der Waals surface area (Å²) in [5.41, 5.74) is 0.116. The van der Waals surface area contributed by atoms with E-state index in [0.29, 0.717) is 5.69 Å². The Balaban J connectivity index is 3.10. The molecule has 78 valence electrons. The number of hydrogen-bond acceptors (Lipinski definition) is 2. The molecule has 0 aliphatic carbocycles. The van der Waals surface area contributed by atoms with E-state index in [1.54, 1.807) is 0 Å². The van der Waals surface area contributed by atoms with Crippen LogP contribution in [0.2, 0.25) is 5.28 Å². The Morgan fingerprint density at radius 3 is 2.71 bits per heavy atom. The van der Waals surface area contributed by atoms with E-state index in [0.717, 1.165) is 19.0 Å². The molecule has 0 N–H and O–H groups in total. The molecule has 0 radical (unpaired) electrons. The van der Waals surface area contributed by atoms with Gasteiger partial charge in [-0.2, -0.15) is 0 Å². The molecule has 1 heterocycles. The smallest absolute Gasteiger partial charge is 0.222 e. The molecule has 1 aromatic rings. The third kappa shape index (κ3) is 2.41. The summed E-state index contributed by atoms with van der Waals surface area (Å²) in [6.07, 6.45) is 2.98. The number of rotatable bonds is 3. The van der Waals surface area contributed by atoms with Crippen molar-refractivity contribution in [2.45, 2.75) is 39.0 Å². The standard InChI is InChI=1S/C10H14ClFN2/c1-4-5-10(2,3)8-7(12)6-13-9(11)14-8/h6H,4-5H2,1-3H3. The van der Waals surface area contributed by atoms with Gasteiger partial charge in [-0.15, -0.1) is 0 Å². The summed E-state index contributed by atoms with van der Waals surface area (Å²) in [7, 11) is 0. The molecule has 0 amide bonds. The molecular formula is C10H14ClFN2. The Morgan fingerprint density at radius 2 is 2.14 bits per heavy atom. The van der Waals surface area contributed by atoms with E-state index in [-0.39, 0.29) is 16.5 Å². The highest BCUT2D eigenvalue weighted by Crippen LogP contribution is 2.28. The third-order valence-corrected chi connectivity index (χ3v) is 2.41. The summed E-state index contributed by atoms with van der Waals surface area (Å²) < 4.78 is 13.4. The summed E-state index contributed by atoms with van der Waals surface area (Å²) in [5, 5.41) is 0.102. The summed E-state index contributed by atoms with van der Waals surface area (Å²) >= 11 is 5.63. The molecule has 1 rings (SSSR count).